The number of benzene rings is 2. The van der Waals surface area contributed by atoms with Crippen LogP contribution in [0.2, 0.25) is 0 Å². The molecule has 2 aromatic carbocycles. The Bertz CT molecular complexity index is 1330. The maximum Gasteiger partial charge on any atom is 0.316 e. The molecule has 7 atom stereocenters. The van der Waals surface area contributed by atoms with Crippen LogP contribution in [0.3, 0.4) is 0 Å². The van der Waals surface area contributed by atoms with Crippen LogP contribution in [0.25, 0.3) is 0 Å². The maximum atomic E-state index is 13.4. The van der Waals surface area contributed by atoms with Crippen LogP contribution in [-0.2, 0) is 25.6 Å². The van der Waals surface area contributed by atoms with Crippen LogP contribution in [0.5, 0.6) is 5.75 Å². The summed E-state index contributed by atoms with van der Waals surface area (Å²) >= 11 is 0. The summed E-state index contributed by atoms with van der Waals surface area (Å²) < 4.78 is 5.66. The highest BCUT2D eigenvalue weighted by atomic mass is 16.5. The van der Waals surface area contributed by atoms with Crippen molar-refractivity contribution in [3.8, 4) is 5.75 Å². The maximum absolute atomic E-state index is 13.4. The van der Waals surface area contributed by atoms with Crippen molar-refractivity contribution in [1.82, 2.24) is 0 Å². The van der Waals surface area contributed by atoms with Gasteiger partial charge in [0.05, 0.1) is 23.4 Å². The molecule has 2 aromatic rings. The average Bonchev–Trinajstić information content (AvgIpc) is 3.59. The molecular formula is C30H28N2O5. The minimum atomic E-state index is -0.589. The fourth-order valence-electron chi connectivity index (χ4n) is 7.12. The van der Waals surface area contributed by atoms with E-state index in [4.69, 9.17) is 4.74 Å². The summed E-state index contributed by atoms with van der Waals surface area (Å²) in [6, 6.07) is 14.4. The highest BCUT2D eigenvalue weighted by Gasteiger charge is 2.67. The molecule has 0 aromatic heterocycles. The number of esters is 1. The number of rotatable bonds is 5. The Kier molecular flexibility index (Phi) is 4.94. The van der Waals surface area contributed by atoms with Gasteiger partial charge in [0.1, 0.15) is 5.75 Å². The van der Waals surface area contributed by atoms with Crippen molar-refractivity contribution >= 4 is 35.1 Å². The molecule has 7 nitrogen and oxygen atoms in total. The van der Waals surface area contributed by atoms with Crippen LogP contribution in [0.1, 0.15) is 25.3 Å². The lowest BCUT2D eigenvalue weighted by atomic mass is 9.63. The second-order valence-corrected chi connectivity index (χ2v) is 11.0. The van der Waals surface area contributed by atoms with Crippen LogP contribution in [-0.4, -0.2) is 30.2 Å². The summed E-state index contributed by atoms with van der Waals surface area (Å²) in [5.41, 5.74) is 2.39. The van der Waals surface area contributed by atoms with Crippen molar-refractivity contribution in [2.45, 2.75) is 26.2 Å². The number of ether oxygens (including phenoxy) is 1. The lowest BCUT2D eigenvalue weighted by Gasteiger charge is -2.37. The molecule has 2 saturated heterocycles. The molecule has 0 radical (unpaired) electrons. The number of amides is 3. The molecule has 0 N–H and O–H groups in total. The molecule has 4 fully saturated rings. The molecule has 2 bridgehead atoms. The zero-order valence-electron chi connectivity index (χ0n) is 20.6. The summed E-state index contributed by atoms with van der Waals surface area (Å²) in [6.07, 6.45) is 6.41. The largest absolute Gasteiger partial charge is 0.426 e. The monoisotopic (exact) mass is 496 g/mol. The fourth-order valence-corrected chi connectivity index (χ4v) is 7.12. The van der Waals surface area contributed by atoms with Gasteiger partial charge in [0.2, 0.25) is 17.7 Å². The van der Waals surface area contributed by atoms with E-state index in [0.29, 0.717) is 17.5 Å². The smallest absolute Gasteiger partial charge is 0.316 e. The number of aryl methyl sites for hydroxylation is 1. The van der Waals surface area contributed by atoms with Gasteiger partial charge in [0.25, 0.3) is 0 Å². The Balaban J connectivity index is 1.06. The Labute approximate surface area is 215 Å². The van der Waals surface area contributed by atoms with Gasteiger partial charge in [-0.25, -0.2) is 4.90 Å². The van der Waals surface area contributed by atoms with Gasteiger partial charge in [-0.05, 0) is 66.3 Å². The van der Waals surface area contributed by atoms with Crippen molar-refractivity contribution in [3.63, 3.8) is 0 Å². The molecule has 188 valence electrons. The number of anilines is 2. The Morgan fingerprint density at radius 3 is 2.24 bits per heavy atom. The molecule has 7 heteroatoms. The molecule has 4 aliphatic carbocycles. The topological polar surface area (TPSA) is 84.0 Å². The van der Waals surface area contributed by atoms with Crippen molar-refractivity contribution in [1.29, 1.82) is 0 Å². The van der Waals surface area contributed by atoms with Crippen LogP contribution >= 0.6 is 0 Å². The Hall–Kier alpha value is -3.74. The predicted octanol–water partition coefficient (Wildman–Crippen LogP) is 3.77. The summed E-state index contributed by atoms with van der Waals surface area (Å²) in [7, 11) is 0. The zero-order valence-corrected chi connectivity index (χ0v) is 20.6. The number of carbonyl (C=O) groups excluding carboxylic acids is 4. The molecule has 3 amide bonds. The van der Waals surface area contributed by atoms with Gasteiger partial charge in [0, 0.05) is 24.7 Å². The van der Waals surface area contributed by atoms with Gasteiger partial charge in [-0.15, -0.1) is 0 Å². The quantitative estimate of drug-likeness (QED) is 0.272. The summed E-state index contributed by atoms with van der Waals surface area (Å²) in [6.45, 7) is 2.33. The van der Waals surface area contributed by atoms with E-state index in [1.165, 1.54) is 10.5 Å². The SMILES string of the molecule is CCc1ccc(N2C[C@H](C(=O)Oc3cccc(N4C(=O)[C@@H]5[C@H]6C=C[C@@H]([C@@H]7C[C@H]67)[C@@H]5C4=O)c3)CC2=O)cc1. The van der Waals surface area contributed by atoms with Crippen molar-refractivity contribution < 1.29 is 23.9 Å². The molecular weight excluding hydrogens is 468 g/mol. The first-order chi connectivity index (χ1) is 17.9. The van der Waals surface area contributed by atoms with E-state index in [0.717, 1.165) is 18.5 Å². The molecule has 0 unspecified atom stereocenters. The molecule has 2 heterocycles. The van der Waals surface area contributed by atoms with Gasteiger partial charge in [-0.2, -0.15) is 0 Å². The molecule has 2 aliphatic heterocycles. The Morgan fingerprint density at radius 1 is 0.919 bits per heavy atom. The fraction of sp³-hybridized carbons (Fsp3) is 0.400. The van der Waals surface area contributed by atoms with E-state index in [1.54, 1.807) is 29.2 Å². The van der Waals surface area contributed by atoms with E-state index >= 15 is 0 Å². The number of imide groups is 1. The average molecular weight is 497 g/mol. The first-order valence-corrected chi connectivity index (χ1v) is 13.2. The third-order valence-electron chi connectivity index (χ3n) is 9.07. The zero-order chi connectivity index (χ0) is 25.4. The lowest BCUT2D eigenvalue weighted by molar-refractivity contribution is -0.139. The second-order valence-electron chi connectivity index (χ2n) is 11.0. The number of allylic oxidation sites excluding steroid dienone is 2. The predicted molar refractivity (Wildman–Crippen MR) is 136 cm³/mol. The molecule has 37 heavy (non-hydrogen) atoms. The summed E-state index contributed by atoms with van der Waals surface area (Å²) in [5.74, 6) is -0.384. The van der Waals surface area contributed by atoms with Crippen molar-refractivity contribution in [2.75, 3.05) is 16.3 Å². The van der Waals surface area contributed by atoms with E-state index in [9.17, 15) is 19.2 Å². The lowest BCUT2D eigenvalue weighted by Crippen LogP contribution is -2.40. The van der Waals surface area contributed by atoms with Gasteiger partial charge in [0.15, 0.2) is 0 Å². The van der Waals surface area contributed by atoms with Crippen molar-refractivity contribution in [3.05, 3.63) is 66.2 Å². The standard InChI is InChI=1S/C30H28N2O5/c1-2-16-6-8-18(9-7-16)31-15-17(12-25(31)33)30(36)37-20-5-3-4-19(13-20)32-28(34)26-21-10-11-22(24-14-23(21)24)27(26)29(32)35/h3-11,13,17,21-24,26-27H,2,12,14-15H2,1H3/t17-,21+,22+,23-,24+,26-,27+/m1/s1. The van der Waals surface area contributed by atoms with Crippen LogP contribution < -0.4 is 14.5 Å². The van der Waals surface area contributed by atoms with Gasteiger partial charge < -0.3 is 9.64 Å². The molecule has 8 rings (SSSR count). The minimum Gasteiger partial charge on any atom is -0.426 e. The third kappa shape index (κ3) is 3.40. The normalized spacial score (nSPS) is 33.1. The van der Waals surface area contributed by atoms with E-state index in [2.05, 4.69) is 19.1 Å². The summed E-state index contributed by atoms with van der Waals surface area (Å²) in [5, 5.41) is 0. The molecule has 6 aliphatic rings. The van der Waals surface area contributed by atoms with E-state index < -0.39 is 11.9 Å². The van der Waals surface area contributed by atoms with E-state index in [-0.39, 0.29) is 60.1 Å². The summed E-state index contributed by atoms with van der Waals surface area (Å²) in [4.78, 5) is 55.4. The van der Waals surface area contributed by atoms with Crippen LogP contribution in [0, 0.1) is 41.4 Å². The van der Waals surface area contributed by atoms with Gasteiger partial charge >= 0.3 is 5.97 Å². The van der Waals surface area contributed by atoms with Gasteiger partial charge in [-0.1, -0.05) is 37.3 Å². The molecule has 0 spiro atoms. The number of nitrogens with zero attached hydrogens (tertiary/aromatic N) is 2. The highest BCUT2D eigenvalue weighted by Crippen LogP contribution is 2.65. The first kappa shape index (κ1) is 22.5. The third-order valence-corrected chi connectivity index (χ3v) is 9.07. The van der Waals surface area contributed by atoms with Gasteiger partial charge in [-0.3, -0.25) is 19.2 Å². The first-order valence-electron chi connectivity index (χ1n) is 13.2. The Morgan fingerprint density at radius 2 is 1.59 bits per heavy atom. The second kappa shape index (κ2) is 8.13. The number of carbonyl (C=O) groups is 4. The van der Waals surface area contributed by atoms with E-state index in [1.807, 2.05) is 24.3 Å². The highest BCUT2D eigenvalue weighted by molar-refractivity contribution is 6.22. The minimum absolute atomic E-state index is 0.0820. The van der Waals surface area contributed by atoms with Crippen LogP contribution in [0.4, 0.5) is 11.4 Å². The number of hydrogen-bond acceptors (Lipinski definition) is 5. The number of hydrogen-bond donors (Lipinski definition) is 0. The van der Waals surface area contributed by atoms with Crippen LogP contribution in [0.15, 0.2) is 60.7 Å². The van der Waals surface area contributed by atoms with Crippen molar-refractivity contribution in [2.24, 2.45) is 41.4 Å². The molecule has 2 saturated carbocycles.